The summed E-state index contributed by atoms with van der Waals surface area (Å²) in [6.07, 6.45) is 0. The minimum atomic E-state index is -0.485. The zero-order valence-electron chi connectivity index (χ0n) is 15.6. The number of amides is 1. The number of esters is 1. The Bertz CT molecular complexity index is 940. The van der Waals surface area contributed by atoms with E-state index in [-0.39, 0.29) is 5.91 Å². The molecule has 0 aliphatic rings. The molecule has 0 aliphatic carbocycles. The summed E-state index contributed by atoms with van der Waals surface area (Å²) in [4.78, 5) is 24.3. The molecule has 0 saturated carbocycles. The molecule has 0 heterocycles. The lowest BCUT2D eigenvalue weighted by Gasteiger charge is -2.10. The first-order chi connectivity index (χ1) is 13.7. The Balaban J connectivity index is 1.59. The molecule has 1 amide bonds. The normalized spacial score (nSPS) is 10.3. The van der Waals surface area contributed by atoms with Gasteiger partial charge < -0.3 is 10.1 Å². The van der Waals surface area contributed by atoms with Gasteiger partial charge in [0.15, 0.2) is 0 Å². The molecule has 0 unspecified atom stereocenters. The van der Waals surface area contributed by atoms with Gasteiger partial charge in [-0.05, 0) is 35.4 Å². The summed E-state index contributed by atoms with van der Waals surface area (Å²) >= 11 is 1.83. The number of methoxy groups -OCH3 is 1. The van der Waals surface area contributed by atoms with E-state index in [0.29, 0.717) is 16.8 Å². The van der Waals surface area contributed by atoms with Crippen LogP contribution in [-0.2, 0) is 16.2 Å². The molecule has 3 aromatic carbocycles. The van der Waals surface area contributed by atoms with Crippen LogP contribution in [0.4, 0.5) is 5.69 Å². The number of rotatable bonds is 7. The van der Waals surface area contributed by atoms with Crippen LogP contribution in [0.25, 0.3) is 0 Å². The number of benzene rings is 3. The highest BCUT2D eigenvalue weighted by Crippen LogP contribution is 2.20. The second-order valence-corrected chi connectivity index (χ2v) is 7.15. The van der Waals surface area contributed by atoms with Crippen molar-refractivity contribution in [2.24, 2.45) is 0 Å². The molecule has 0 fully saturated rings. The number of thioether (sulfide) groups is 1. The minimum absolute atomic E-state index is 0.264. The van der Waals surface area contributed by atoms with Gasteiger partial charge in [-0.1, -0.05) is 54.6 Å². The van der Waals surface area contributed by atoms with Gasteiger partial charge in [0, 0.05) is 17.1 Å². The first kappa shape index (κ1) is 19.7. The minimum Gasteiger partial charge on any atom is -0.465 e. The molecule has 4 nitrogen and oxygen atoms in total. The topological polar surface area (TPSA) is 55.4 Å². The van der Waals surface area contributed by atoms with Gasteiger partial charge >= 0.3 is 5.97 Å². The van der Waals surface area contributed by atoms with E-state index in [0.717, 1.165) is 17.1 Å². The van der Waals surface area contributed by atoms with Crippen LogP contribution >= 0.6 is 11.8 Å². The Morgan fingerprint density at radius 3 is 2.11 bits per heavy atom. The number of hydrogen-bond donors (Lipinski definition) is 1. The molecule has 0 bridgehead atoms. The molecule has 3 aromatic rings. The Hall–Kier alpha value is -3.05. The summed E-state index contributed by atoms with van der Waals surface area (Å²) in [6, 6.07) is 24.6. The van der Waals surface area contributed by atoms with Crippen molar-refractivity contribution in [2.45, 2.75) is 11.5 Å². The average Bonchev–Trinajstić information content (AvgIpc) is 2.75. The number of nitrogens with one attached hydrogen (secondary N) is 1. The molecule has 3 rings (SSSR count). The molecule has 0 aliphatic heterocycles. The van der Waals surface area contributed by atoms with Gasteiger partial charge in [0.05, 0.1) is 18.4 Å². The van der Waals surface area contributed by atoms with Crippen molar-refractivity contribution in [1.82, 2.24) is 0 Å². The molecular weight excluding hydrogens is 370 g/mol. The summed E-state index contributed by atoms with van der Waals surface area (Å²) in [7, 11) is 1.31. The van der Waals surface area contributed by atoms with E-state index >= 15 is 0 Å². The number of anilines is 1. The summed E-state index contributed by atoms with van der Waals surface area (Å²) < 4.78 is 4.76. The van der Waals surface area contributed by atoms with Gasteiger partial charge in [0.1, 0.15) is 0 Å². The fraction of sp³-hybridized carbons (Fsp3) is 0.130. The summed E-state index contributed by atoms with van der Waals surface area (Å²) in [5.74, 6) is 1.08. The van der Waals surface area contributed by atoms with E-state index in [4.69, 9.17) is 4.74 Å². The van der Waals surface area contributed by atoms with Crippen LogP contribution in [-0.4, -0.2) is 19.0 Å². The summed E-state index contributed by atoms with van der Waals surface area (Å²) in [6.45, 7) is 0. The molecule has 0 aromatic heterocycles. The van der Waals surface area contributed by atoms with Crippen LogP contribution in [0.1, 0.15) is 31.8 Å². The molecule has 142 valence electrons. The van der Waals surface area contributed by atoms with E-state index in [2.05, 4.69) is 17.4 Å². The molecule has 0 spiro atoms. The van der Waals surface area contributed by atoms with E-state index in [9.17, 15) is 9.59 Å². The smallest absolute Gasteiger partial charge is 0.339 e. The largest absolute Gasteiger partial charge is 0.465 e. The quantitative estimate of drug-likeness (QED) is 0.565. The lowest BCUT2D eigenvalue weighted by molar-refractivity contribution is 0.0602. The number of ether oxygens (including phenoxy) is 1. The van der Waals surface area contributed by atoms with Crippen molar-refractivity contribution >= 4 is 29.3 Å². The molecular formula is C23H21NO3S. The SMILES string of the molecule is COC(=O)c1ccccc1NC(=O)c1ccc(CSCc2ccccc2)cc1. The fourth-order valence-electron chi connectivity index (χ4n) is 2.69. The second kappa shape index (κ2) is 9.76. The van der Waals surface area contributed by atoms with Crippen molar-refractivity contribution in [2.75, 3.05) is 12.4 Å². The van der Waals surface area contributed by atoms with Crippen molar-refractivity contribution in [3.8, 4) is 0 Å². The molecule has 0 radical (unpaired) electrons. The van der Waals surface area contributed by atoms with Gasteiger partial charge in [-0.2, -0.15) is 11.8 Å². The van der Waals surface area contributed by atoms with Crippen LogP contribution < -0.4 is 5.32 Å². The lowest BCUT2D eigenvalue weighted by Crippen LogP contribution is -2.15. The Labute approximate surface area is 168 Å². The van der Waals surface area contributed by atoms with Crippen molar-refractivity contribution in [1.29, 1.82) is 0 Å². The third-order valence-corrected chi connectivity index (χ3v) is 5.25. The highest BCUT2D eigenvalue weighted by Gasteiger charge is 2.14. The van der Waals surface area contributed by atoms with Crippen LogP contribution in [0.15, 0.2) is 78.9 Å². The van der Waals surface area contributed by atoms with Crippen LogP contribution in [0.2, 0.25) is 0 Å². The monoisotopic (exact) mass is 391 g/mol. The van der Waals surface area contributed by atoms with Gasteiger partial charge in [-0.3, -0.25) is 4.79 Å². The van der Waals surface area contributed by atoms with Crippen molar-refractivity contribution in [3.63, 3.8) is 0 Å². The van der Waals surface area contributed by atoms with Gasteiger partial charge in [-0.25, -0.2) is 4.79 Å². The van der Waals surface area contributed by atoms with Crippen molar-refractivity contribution in [3.05, 3.63) is 101 Å². The number of carbonyl (C=O) groups is 2. The summed E-state index contributed by atoms with van der Waals surface area (Å²) in [5.41, 5.74) is 3.76. The van der Waals surface area contributed by atoms with Gasteiger partial charge in [0.25, 0.3) is 5.91 Å². The first-order valence-corrected chi connectivity index (χ1v) is 10.0. The zero-order valence-corrected chi connectivity index (χ0v) is 16.4. The average molecular weight is 391 g/mol. The molecule has 1 N–H and O–H groups in total. The maximum Gasteiger partial charge on any atom is 0.339 e. The third kappa shape index (κ3) is 5.24. The maximum atomic E-state index is 12.5. The van der Waals surface area contributed by atoms with E-state index in [1.165, 1.54) is 12.7 Å². The van der Waals surface area contributed by atoms with Crippen molar-refractivity contribution < 1.29 is 14.3 Å². The standard InChI is InChI=1S/C23H21NO3S/c1-27-23(26)20-9-5-6-10-21(20)24-22(25)19-13-11-18(12-14-19)16-28-15-17-7-3-2-4-8-17/h2-14H,15-16H2,1H3,(H,24,25). The molecule has 28 heavy (non-hydrogen) atoms. The van der Waals surface area contributed by atoms with Crippen LogP contribution in [0.5, 0.6) is 0 Å². The van der Waals surface area contributed by atoms with Gasteiger partial charge in [-0.15, -0.1) is 0 Å². The number of carbonyl (C=O) groups excluding carboxylic acids is 2. The maximum absolute atomic E-state index is 12.5. The summed E-state index contributed by atoms with van der Waals surface area (Å²) in [5, 5.41) is 2.78. The molecule has 0 atom stereocenters. The Kier molecular flexibility index (Phi) is 6.87. The third-order valence-electron chi connectivity index (χ3n) is 4.18. The number of para-hydroxylation sites is 1. The number of hydrogen-bond acceptors (Lipinski definition) is 4. The van der Waals surface area contributed by atoms with E-state index in [1.54, 1.807) is 36.4 Å². The predicted molar refractivity (Wildman–Crippen MR) is 114 cm³/mol. The predicted octanol–water partition coefficient (Wildman–Crippen LogP) is 5.16. The van der Waals surface area contributed by atoms with Gasteiger partial charge in [0.2, 0.25) is 0 Å². The highest BCUT2D eigenvalue weighted by molar-refractivity contribution is 7.97. The zero-order chi connectivity index (χ0) is 19.8. The fourth-order valence-corrected chi connectivity index (χ4v) is 3.65. The second-order valence-electron chi connectivity index (χ2n) is 6.17. The van der Waals surface area contributed by atoms with Crippen LogP contribution in [0, 0.1) is 0 Å². The van der Waals surface area contributed by atoms with E-state index < -0.39 is 5.97 Å². The molecule has 5 heteroatoms. The Morgan fingerprint density at radius 2 is 1.43 bits per heavy atom. The lowest BCUT2D eigenvalue weighted by atomic mass is 10.1. The Morgan fingerprint density at radius 1 is 0.821 bits per heavy atom. The van der Waals surface area contributed by atoms with Crippen LogP contribution in [0.3, 0.4) is 0 Å². The highest BCUT2D eigenvalue weighted by atomic mass is 32.2. The molecule has 0 saturated heterocycles. The van der Waals surface area contributed by atoms with E-state index in [1.807, 2.05) is 42.1 Å². The first-order valence-electron chi connectivity index (χ1n) is 8.86.